The number of anilines is 2. The van der Waals surface area contributed by atoms with Gasteiger partial charge < -0.3 is 9.80 Å². The molecule has 2 saturated heterocycles. The van der Waals surface area contributed by atoms with E-state index in [9.17, 15) is 16.8 Å². The number of rotatable bonds is 8. The number of aromatic nitrogens is 2. The Labute approximate surface area is 365 Å². The summed E-state index contributed by atoms with van der Waals surface area (Å²) in [6.45, 7) is 4.23. The summed E-state index contributed by atoms with van der Waals surface area (Å²) in [5.41, 5.74) is 3.92. The third kappa shape index (κ3) is 9.76. The van der Waals surface area contributed by atoms with Crippen LogP contribution in [0.5, 0.6) is 0 Å². The van der Waals surface area contributed by atoms with Crippen LogP contribution < -0.4 is 9.80 Å². The van der Waals surface area contributed by atoms with Crippen LogP contribution >= 0.6 is 82.1 Å². The molecular formula is C38H34Br3ClN6O4S4. The minimum atomic E-state index is -3.48. The standard InChI is InChI=1S/C19H17Br2N3O2S2.C19H17BrClN3O2S2/c20-15-4-1-3-14(11-15)18-13-27-19(22-18)23-7-9-24(10-8-23)28(25,26)17-6-2-5-16(21)12-17;20-15-2-1-3-17(12-15)28(25,26)24-10-8-23(9-11-24)19-22-18(13-27-19)14-4-6-16(21)7-5-14/h1-6,11-13H,7-10H2;1-7,12-13H,8-11H2. The van der Waals surface area contributed by atoms with Crippen molar-refractivity contribution in [3.63, 3.8) is 0 Å². The average molecular weight is 1040 g/mol. The van der Waals surface area contributed by atoms with E-state index in [-0.39, 0.29) is 0 Å². The van der Waals surface area contributed by atoms with Crippen molar-refractivity contribution in [3.05, 3.63) is 126 Å². The van der Waals surface area contributed by atoms with Crippen molar-refractivity contribution in [2.75, 3.05) is 62.2 Å². The first kappa shape index (κ1) is 41.4. The lowest BCUT2D eigenvalue weighted by atomic mass is 10.2. The molecule has 2 aliphatic rings. The first-order valence-electron chi connectivity index (χ1n) is 17.3. The molecule has 0 N–H and O–H groups in total. The van der Waals surface area contributed by atoms with Crippen LogP contribution in [-0.4, -0.2) is 87.8 Å². The highest BCUT2D eigenvalue weighted by atomic mass is 79.9. The molecule has 18 heteroatoms. The lowest BCUT2D eigenvalue weighted by Crippen LogP contribution is -2.48. The van der Waals surface area contributed by atoms with Gasteiger partial charge in [0.1, 0.15) is 0 Å². The second kappa shape index (κ2) is 18.1. The van der Waals surface area contributed by atoms with Gasteiger partial charge in [-0.3, -0.25) is 0 Å². The number of hydrogen-bond acceptors (Lipinski definition) is 10. The van der Waals surface area contributed by atoms with E-state index in [1.807, 2.05) is 71.4 Å². The molecule has 0 atom stereocenters. The Morgan fingerprint density at radius 1 is 0.518 bits per heavy atom. The van der Waals surface area contributed by atoms with Crippen molar-refractivity contribution < 1.29 is 16.8 Å². The average Bonchev–Trinajstić information content (AvgIpc) is 3.91. The Hall–Kier alpha value is -2.71. The monoisotopic (exact) mass is 1040 g/mol. The second-order valence-electron chi connectivity index (χ2n) is 12.7. The van der Waals surface area contributed by atoms with E-state index in [1.165, 1.54) is 0 Å². The topological polar surface area (TPSA) is 107 Å². The van der Waals surface area contributed by atoms with Gasteiger partial charge in [-0.05, 0) is 60.7 Å². The molecule has 6 aromatic rings. The SMILES string of the molecule is O=S(=O)(c1cccc(Br)c1)N1CCN(c2nc(-c3ccc(Cl)cc3)cs2)CC1.O=S(=O)(c1cccc(Br)c1)N1CCN(c2nc(-c3cccc(Br)c3)cs2)CC1. The molecule has 0 radical (unpaired) electrons. The molecule has 2 aliphatic heterocycles. The predicted molar refractivity (Wildman–Crippen MR) is 238 cm³/mol. The number of sulfonamides is 2. The van der Waals surface area contributed by atoms with Crippen molar-refractivity contribution >= 4 is 112 Å². The molecule has 10 nitrogen and oxygen atoms in total. The highest BCUT2D eigenvalue weighted by molar-refractivity contribution is 9.11. The van der Waals surface area contributed by atoms with Gasteiger partial charge in [-0.25, -0.2) is 26.8 Å². The van der Waals surface area contributed by atoms with E-state index in [0.29, 0.717) is 67.2 Å². The van der Waals surface area contributed by atoms with Crippen LogP contribution in [0.4, 0.5) is 10.3 Å². The van der Waals surface area contributed by atoms with Gasteiger partial charge in [-0.15, -0.1) is 22.7 Å². The molecular weight excluding hydrogens is 1010 g/mol. The Bertz CT molecular complexity index is 2520. The molecule has 4 aromatic carbocycles. The number of piperazine rings is 2. The van der Waals surface area contributed by atoms with Gasteiger partial charge in [0.15, 0.2) is 10.3 Å². The van der Waals surface area contributed by atoms with Crippen molar-refractivity contribution in [1.29, 1.82) is 0 Å². The molecule has 2 aromatic heterocycles. The normalized spacial score (nSPS) is 15.7. The third-order valence-electron chi connectivity index (χ3n) is 9.13. The van der Waals surface area contributed by atoms with Crippen molar-refractivity contribution in [2.45, 2.75) is 9.79 Å². The number of thiazole rings is 2. The summed E-state index contributed by atoms with van der Waals surface area (Å²) in [5.74, 6) is 0. The first-order chi connectivity index (χ1) is 26.9. The number of benzene rings is 4. The zero-order valence-electron chi connectivity index (χ0n) is 29.5. The zero-order chi connectivity index (χ0) is 39.5. The summed E-state index contributed by atoms with van der Waals surface area (Å²) < 4.78 is 57.1. The van der Waals surface area contributed by atoms with Crippen molar-refractivity contribution in [1.82, 2.24) is 18.6 Å². The summed E-state index contributed by atoms with van der Waals surface area (Å²) in [7, 11) is -6.96. The van der Waals surface area contributed by atoms with E-state index < -0.39 is 20.0 Å². The largest absolute Gasteiger partial charge is 0.345 e. The maximum atomic E-state index is 12.9. The number of hydrogen-bond donors (Lipinski definition) is 0. The summed E-state index contributed by atoms with van der Waals surface area (Å²) in [6.07, 6.45) is 0. The summed E-state index contributed by atoms with van der Waals surface area (Å²) >= 11 is 19.3. The van der Waals surface area contributed by atoms with Crippen LogP contribution in [0, 0.1) is 0 Å². The molecule has 4 heterocycles. The smallest absolute Gasteiger partial charge is 0.243 e. The highest BCUT2D eigenvalue weighted by Crippen LogP contribution is 2.32. The zero-order valence-corrected chi connectivity index (χ0v) is 38.3. The van der Waals surface area contributed by atoms with Crippen LogP contribution in [0.2, 0.25) is 5.02 Å². The summed E-state index contributed by atoms with van der Waals surface area (Å²) in [5, 5.41) is 6.59. The molecule has 292 valence electrons. The van der Waals surface area contributed by atoms with Crippen LogP contribution in [0.25, 0.3) is 22.5 Å². The Kier molecular flexibility index (Phi) is 13.4. The van der Waals surface area contributed by atoms with E-state index in [1.54, 1.807) is 67.7 Å². The minimum Gasteiger partial charge on any atom is -0.345 e. The maximum Gasteiger partial charge on any atom is 0.243 e. The van der Waals surface area contributed by atoms with Gasteiger partial charge in [0.05, 0.1) is 21.2 Å². The Morgan fingerprint density at radius 2 is 0.929 bits per heavy atom. The van der Waals surface area contributed by atoms with E-state index in [0.717, 1.165) is 46.2 Å². The molecule has 2 fully saturated rings. The summed E-state index contributed by atoms with van der Waals surface area (Å²) in [4.78, 5) is 14.4. The molecule has 0 aliphatic carbocycles. The van der Waals surface area contributed by atoms with Gasteiger partial charge in [-0.1, -0.05) is 95.8 Å². The fourth-order valence-electron chi connectivity index (χ4n) is 6.15. The number of nitrogens with zero attached hydrogens (tertiary/aromatic N) is 6. The van der Waals surface area contributed by atoms with Gasteiger partial charge in [0.2, 0.25) is 20.0 Å². The van der Waals surface area contributed by atoms with Crippen molar-refractivity contribution in [3.8, 4) is 22.5 Å². The van der Waals surface area contributed by atoms with E-state index >= 15 is 0 Å². The van der Waals surface area contributed by atoms with E-state index in [4.69, 9.17) is 21.6 Å². The van der Waals surface area contributed by atoms with Crippen LogP contribution in [0.1, 0.15) is 0 Å². The van der Waals surface area contributed by atoms with E-state index in [2.05, 4.69) is 57.6 Å². The molecule has 0 bridgehead atoms. The Morgan fingerprint density at radius 3 is 1.36 bits per heavy atom. The fraction of sp³-hybridized carbons (Fsp3) is 0.211. The molecule has 0 amide bonds. The molecule has 0 saturated carbocycles. The molecule has 56 heavy (non-hydrogen) atoms. The van der Waals surface area contributed by atoms with Crippen molar-refractivity contribution in [2.24, 2.45) is 0 Å². The van der Waals surface area contributed by atoms with Gasteiger partial charge in [0, 0.05) is 92.7 Å². The van der Waals surface area contributed by atoms with Gasteiger partial charge in [0.25, 0.3) is 0 Å². The lowest BCUT2D eigenvalue weighted by Gasteiger charge is -2.33. The van der Waals surface area contributed by atoms with Gasteiger partial charge >= 0.3 is 0 Å². The predicted octanol–water partition coefficient (Wildman–Crippen LogP) is 9.58. The molecule has 0 unspecified atom stereocenters. The maximum absolute atomic E-state index is 12.9. The minimum absolute atomic E-state index is 0.314. The Balaban J connectivity index is 0.000000172. The molecule has 8 rings (SSSR count). The first-order valence-corrected chi connectivity index (χ1v) is 24.7. The molecule has 0 spiro atoms. The fourth-order valence-corrected chi connectivity index (χ4v) is 12.5. The number of halogens is 4. The summed E-state index contributed by atoms with van der Waals surface area (Å²) in [6, 6.07) is 29.3. The van der Waals surface area contributed by atoms with Crippen LogP contribution in [-0.2, 0) is 20.0 Å². The van der Waals surface area contributed by atoms with Gasteiger partial charge in [-0.2, -0.15) is 8.61 Å². The quantitative estimate of drug-likeness (QED) is 0.149. The lowest BCUT2D eigenvalue weighted by molar-refractivity contribution is 0.384. The second-order valence-corrected chi connectivity index (χ2v) is 21.5. The van der Waals surface area contributed by atoms with Crippen LogP contribution in [0.15, 0.2) is 131 Å². The van der Waals surface area contributed by atoms with Crippen LogP contribution in [0.3, 0.4) is 0 Å². The third-order valence-corrected chi connectivity index (χ3v) is 16.5. The highest BCUT2D eigenvalue weighted by Gasteiger charge is 2.31.